The molecule has 0 unspecified atom stereocenters. The Hall–Kier alpha value is -1.15. The van der Waals surface area contributed by atoms with Gasteiger partial charge in [-0.15, -0.1) is 0 Å². The van der Waals surface area contributed by atoms with E-state index in [4.69, 9.17) is 4.74 Å². The fourth-order valence-electron chi connectivity index (χ4n) is 3.17. The average molecular weight is 274 g/mol. The van der Waals surface area contributed by atoms with Crippen molar-refractivity contribution in [2.45, 2.75) is 59.0 Å². The molecule has 0 spiro atoms. The lowest BCUT2D eigenvalue weighted by Gasteiger charge is -2.38. The third-order valence-electron chi connectivity index (χ3n) is 4.55. The lowest BCUT2D eigenvalue weighted by Crippen LogP contribution is -2.45. The van der Waals surface area contributed by atoms with Crippen LogP contribution in [0.15, 0.2) is 18.2 Å². The number of ether oxygens (including phenoxy) is 1. The zero-order valence-electron chi connectivity index (χ0n) is 13.2. The highest BCUT2D eigenvalue weighted by molar-refractivity contribution is 6.03. The average Bonchev–Trinajstić information content (AvgIpc) is 2.44. The summed E-state index contributed by atoms with van der Waals surface area (Å²) in [5.41, 5.74) is 2.45. The van der Waals surface area contributed by atoms with Crippen LogP contribution in [-0.4, -0.2) is 18.0 Å². The van der Waals surface area contributed by atoms with Crippen LogP contribution in [0, 0.1) is 19.8 Å². The smallest absolute Gasteiger partial charge is 0.194 e. The summed E-state index contributed by atoms with van der Waals surface area (Å²) in [7, 11) is 0. The largest absolute Gasteiger partial charge is 0.367 e. The molecule has 0 radical (unpaired) electrons. The highest BCUT2D eigenvalue weighted by atomic mass is 16.5. The first-order chi connectivity index (χ1) is 9.48. The van der Waals surface area contributed by atoms with E-state index in [0.717, 1.165) is 42.4 Å². The Labute approximate surface area is 122 Å². The number of hydrogen-bond acceptors (Lipinski definition) is 2. The number of carbonyl (C=O) groups excluding carboxylic acids is 1. The van der Waals surface area contributed by atoms with E-state index in [0.29, 0.717) is 12.5 Å². The molecule has 2 rings (SSSR count). The Bertz CT molecular complexity index is 482. The van der Waals surface area contributed by atoms with Crippen molar-refractivity contribution in [2.24, 2.45) is 5.92 Å². The Morgan fingerprint density at radius 3 is 2.55 bits per heavy atom. The van der Waals surface area contributed by atoms with Gasteiger partial charge < -0.3 is 4.74 Å². The van der Waals surface area contributed by atoms with Crippen LogP contribution in [0.2, 0.25) is 0 Å². The van der Waals surface area contributed by atoms with E-state index in [2.05, 4.69) is 13.0 Å². The highest BCUT2D eigenvalue weighted by Crippen LogP contribution is 2.37. The summed E-state index contributed by atoms with van der Waals surface area (Å²) in [6, 6.07) is 6.10. The van der Waals surface area contributed by atoms with Gasteiger partial charge in [-0.25, -0.2) is 0 Å². The van der Waals surface area contributed by atoms with Crippen molar-refractivity contribution in [3.05, 3.63) is 34.9 Å². The molecular formula is C18H26O2. The van der Waals surface area contributed by atoms with Crippen LogP contribution in [0.3, 0.4) is 0 Å². The summed E-state index contributed by atoms with van der Waals surface area (Å²) in [5, 5.41) is 0. The third-order valence-corrected chi connectivity index (χ3v) is 4.55. The van der Waals surface area contributed by atoms with Crippen molar-refractivity contribution in [1.82, 2.24) is 0 Å². The van der Waals surface area contributed by atoms with Gasteiger partial charge in [0.05, 0.1) is 0 Å². The first-order valence-corrected chi connectivity index (χ1v) is 7.74. The zero-order valence-corrected chi connectivity index (χ0v) is 13.2. The molecule has 0 atom stereocenters. The highest BCUT2D eigenvalue weighted by Gasteiger charge is 2.42. The molecule has 0 heterocycles. The van der Waals surface area contributed by atoms with Crippen LogP contribution >= 0.6 is 0 Å². The summed E-state index contributed by atoms with van der Waals surface area (Å²) in [6.07, 6.45) is 3.87. The van der Waals surface area contributed by atoms with E-state index in [1.807, 2.05) is 32.9 Å². The van der Waals surface area contributed by atoms with Crippen LogP contribution in [-0.2, 0) is 4.74 Å². The van der Waals surface area contributed by atoms with Crippen LogP contribution in [0.25, 0.3) is 0 Å². The Morgan fingerprint density at radius 2 is 1.95 bits per heavy atom. The van der Waals surface area contributed by atoms with Crippen LogP contribution in [0.4, 0.5) is 0 Å². The maximum absolute atomic E-state index is 13.1. The molecule has 1 saturated carbocycles. The maximum Gasteiger partial charge on any atom is 0.194 e. The van der Waals surface area contributed by atoms with E-state index < -0.39 is 5.60 Å². The number of carbonyl (C=O) groups is 1. The SMILES string of the molecule is CCOC1(C(=O)c2cc(C)ccc2C)CCC(C)CC1. The van der Waals surface area contributed by atoms with Crippen molar-refractivity contribution < 1.29 is 9.53 Å². The third kappa shape index (κ3) is 2.95. The van der Waals surface area contributed by atoms with Gasteiger partial charge >= 0.3 is 0 Å². The molecule has 2 heteroatoms. The van der Waals surface area contributed by atoms with E-state index in [1.165, 1.54) is 0 Å². The van der Waals surface area contributed by atoms with Gasteiger partial charge in [-0.1, -0.05) is 24.6 Å². The fraction of sp³-hybridized carbons (Fsp3) is 0.611. The van der Waals surface area contributed by atoms with Crippen LogP contribution in [0.1, 0.15) is 61.0 Å². The van der Waals surface area contributed by atoms with Gasteiger partial charge in [0.15, 0.2) is 5.78 Å². The number of benzene rings is 1. The predicted octanol–water partition coefficient (Wildman–Crippen LogP) is 4.47. The Balaban J connectivity index is 2.34. The van der Waals surface area contributed by atoms with Crippen molar-refractivity contribution in [3.8, 4) is 0 Å². The molecule has 0 saturated heterocycles. The number of rotatable bonds is 4. The molecule has 2 nitrogen and oxygen atoms in total. The minimum absolute atomic E-state index is 0.187. The van der Waals surface area contributed by atoms with Gasteiger partial charge in [0.25, 0.3) is 0 Å². The van der Waals surface area contributed by atoms with Crippen molar-refractivity contribution in [3.63, 3.8) is 0 Å². The van der Waals surface area contributed by atoms with E-state index in [-0.39, 0.29) is 5.78 Å². The molecule has 0 aromatic heterocycles. The number of Topliss-reactive ketones (excluding diaryl/α,β-unsaturated/α-hetero) is 1. The van der Waals surface area contributed by atoms with Crippen LogP contribution in [0.5, 0.6) is 0 Å². The Morgan fingerprint density at radius 1 is 1.30 bits per heavy atom. The molecule has 1 aliphatic rings. The summed E-state index contributed by atoms with van der Waals surface area (Å²) in [4.78, 5) is 13.1. The van der Waals surface area contributed by atoms with Gasteiger partial charge in [0, 0.05) is 12.2 Å². The summed E-state index contributed by atoms with van der Waals surface area (Å²) in [5.74, 6) is 0.891. The summed E-state index contributed by atoms with van der Waals surface area (Å²) < 4.78 is 5.98. The quantitative estimate of drug-likeness (QED) is 0.757. The molecule has 0 amide bonds. The summed E-state index contributed by atoms with van der Waals surface area (Å²) in [6.45, 7) is 8.89. The van der Waals surface area contributed by atoms with E-state index in [9.17, 15) is 4.79 Å². The van der Waals surface area contributed by atoms with Gasteiger partial charge in [-0.3, -0.25) is 4.79 Å². The molecule has 1 aromatic rings. The second kappa shape index (κ2) is 6.09. The van der Waals surface area contributed by atoms with Gasteiger partial charge in [-0.05, 0) is 64.0 Å². The molecule has 1 aliphatic carbocycles. The molecular weight excluding hydrogens is 248 g/mol. The molecule has 1 aromatic carbocycles. The van der Waals surface area contributed by atoms with E-state index in [1.54, 1.807) is 0 Å². The molecule has 20 heavy (non-hydrogen) atoms. The van der Waals surface area contributed by atoms with Crippen LogP contribution < -0.4 is 0 Å². The summed E-state index contributed by atoms with van der Waals surface area (Å²) >= 11 is 0. The van der Waals surface area contributed by atoms with Gasteiger partial charge in [0.1, 0.15) is 5.60 Å². The lowest BCUT2D eigenvalue weighted by molar-refractivity contribution is -0.0474. The molecule has 0 aliphatic heterocycles. The predicted molar refractivity (Wildman–Crippen MR) is 82.2 cm³/mol. The van der Waals surface area contributed by atoms with Gasteiger partial charge in [-0.2, -0.15) is 0 Å². The first-order valence-electron chi connectivity index (χ1n) is 7.74. The molecule has 0 bridgehead atoms. The molecule has 110 valence electrons. The zero-order chi connectivity index (χ0) is 14.8. The standard InChI is InChI=1S/C18H26O2/c1-5-20-18(10-8-13(2)9-11-18)17(19)16-12-14(3)6-7-15(16)4/h6-7,12-13H,5,8-11H2,1-4H3. The monoisotopic (exact) mass is 274 g/mol. The molecule has 0 N–H and O–H groups in total. The minimum Gasteiger partial charge on any atom is -0.367 e. The van der Waals surface area contributed by atoms with Crippen molar-refractivity contribution in [2.75, 3.05) is 6.61 Å². The molecule has 1 fully saturated rings. The van der Waals surface area contributed by atoms with E-state index >= 15 is 0 Å². The number of hydrogen-bond donors (Lipinski definition) is 0. The number of ketones is 1. The number of aryl methyl sites for hydroxylation is 2. The van der Waals surface area contributed by atoms with Gasteiger partial charge in [0.2, 0.25) is 0 Å². The minimum atomic E-state index is -0.584. The van der Waals surface area contributed by atoms with Crippen molar-refractivity contribution in [1.29, 1.82) is 0 Å². The first kappa shape index (κ1) is 15.2. The second-order valence-corrected chi connectivity index (χ2v) is 6.26. The fourth-order valence-corrected chi connectivity index (χ4v) is 3.17. The normalized spacial score (nSPS) is 26.5. The lowest BCUT2D eigenvalue weighted by atomic mass is 9.75. The maximum atomic E-state index is 13.1. The Kier molecular flexibility index (Phi) is 4.64. The second-order valence-electron chi connectivity index (χ2n) is 6.26. The van der Waals surface area contributed by atoms with Crippen molar-refractivity contribution >= 4 is 5.78 Å². The topological polar surface area (TPSA) is 26.3 Å².